The number of rotatable bonds is 13. The van der Waals surface area contributed by atoms with Crippen molar-refractivity contribution >= 4 is 12.0 Å². The molecular weight excluding hydrogens is 303 g/mol. The molecule has 136 valence electrons. The molecule has 0 aliphatic rings. The lowest BCUT2D eigenvalue weighted by Gasteiger charge is -2.25. The highest BCUT2D eigenvalue weighted by molar-refractivity contribution is 5.72. The molecular formula is C17H31FO5. The van der Waals surface area contributed by atoms with Crippen LogP contribution >= 0.6 is 0 Å². The molecule has 0 saturated carbocycles. The molecule has 0 amide bonds. The van der Waals surface area contributed by atoms with Crippen LogP contribution in [-0.4, -0.2) is 44.0 Å². The molecule has 0 heterocycles. The van der Waals surface area contributed by atoms with Crippen molar-refractivity contribution in [1.82, 2.24) is 0 Å². The Morgan fingerprint density at radius 3 is 2.26 bits per heavy atom. The van der Waals surface area contributed by atoms with E-state index in [4.69, 9.17) is 14.2 Å². The molecule has 0 aliphatic carbocycles. The molecule has 2 unspecified atom stereocenters. The summed E-state index contributed by atoms with van der Waals surface area (Å²) in [4.78, 5) is 22.2. The minimum absolute atomic E-state index is 0.0365. The Morgan fingerprint density at radius 2 is 1.70 bits per heavy atom. The number of carbonyl (C=O) groups is 2. The van der Waals surface area contributed by atoms with Crippen LogP contribution in [0, 0.1) is 11.8 Å². The summed E-state index contributed by atoms with van der Waals surface area (Å²) in [6.45, 7) is 10.2. The van der Waals surface area contributed by atoms with Gasteiger partial charge in [-0.1, -0.05) is 20.3 Å². The number of hydrogen-bond acceptors (Lipinski definition) is 5. The summed E-state index contributed by atoms with van der Waals surface area (Å²) in [6.07, 6.45) is 2.70. The van der Waals surface area contributed by atoms with E-state index < -0.39 is 17.9 Å². The summed E-state index contributed by atoms with van der Waals surface area (Å²) in [7, 11) is 0. The fourth-order valence-corrected chi connectivity index (χ4v) is 1.66. The van der Waals surface area contributed by atoms with Gasteiger partial charge in [-0.15, -0.1) is 0 Å². The van der Waals surface area contributed by atoms with Crippen molar-refractivity contribution in [3.8, 4) is 0 Å². The molecule has 0 spiro atoms. The van der Waals surface area contributed by atoms with E-state index in [-0.39, 0.29) is 31.4 Å². The minimum Gasteiger partial charge on any atom is -0.465 e. The van der Waals surface area contributed by atoms with Gasteiger partial charge in [0.05, 0.1) is 37.3 Å². The predicted octanol–water partition coefficient (Wildman–Crippen LogP) is 3.30. The Balaban J connectivity index is 3.89. The first-order valence-electron chi connectivity index (χ1n) is 8.27. The molecule has 0 fully saturated rings. The lowest BCUT2D eigenvalue weighted by molar-refractivity contribution is -0.152. The van der Waals surface area contributed by atoms with Gasteiger partial charge in [-0.05, 0) is 27.2 Å². The zero-order valence-corrected chi connectivity index (χ0v) is 15.0. The highest BCUT2D eigenvalue weighted by Gasteiger charge is 2.21. The van der Waals surface area contributed by atoms with Gasteiger partial charge in [0, 0.05) is 13.0 Å². The minimum atomic E-state index is -1.41. The molecule has 0 N–H and O–H groups in total. The summed E-state index contributed by atoms with van der Waals surface area (Å²) >= 11 is 0. The van der Waals surface area contributed by atoms with Crippen molar-refractivity contribution < 1.29 is 28.2 Å². The van der Waals surface area contributed by atoms with Crippen molar-refractivity contribution in [2.75, 3.05) is 26.4 Å². The summed E-state index contributed by atoms with van der Waals surface area (Å²) in [6, 6.07) is -1.41. The highest BCUT2D eigenvalue weighted by atomic mass is 19.1. The molecule has 5 nitrogen and oxygen atoms in total. The third-order valence-electron chi connectivity index (χ3n) is 3.46. The van der Waals surface area contributed by atoms with E-state index in [9.17, 15) is 14.0 Å². The average molecular weight is 334 g/mol. The van der Waals surface area contributed by atoms with E-state index in [1.165, 1.54) is 6.92 Å². The van der Waals surface area contributed by atoms with Crippen molar-refractivity contribution in [2.24, 2.45) is 11.8 Å². The maximum atomic E-state index is 12.3. The van der Waals surface area contributed by atoms with Gasteiger partial charge in [0.2, 0.25) is 0 Å². The van der Waals surface area contributed by atoms with Gasteiger partial charge in [0.25, 0.3) is 0 Å². The molecule has 0 aromatic carbocycles. The van der Waals surface area contributed by atoms with E-state index in [0.717, 1.165) is 12.8 Å². The highest BCUT2D eigenvalue weighted by Crippen LogP contribution is 2.15. The summed E-state index contributed by atoms with van der Waals surface area (Å²) in [5.41, 5.74) is -0.327. The first kappa shape index (κ1) is 22.0. The Hall–Kier alpha value is -1.01. The maximum Gasteiger partial charge on any atom is 0.310 e. The maximum absolute atomic E-state index is 12.3. The fourth-order valence-electron chi connectivity index (χ4n) is 1.66. The molecule has 0 bridgehead atoms. The van der Waals surface area contributed by atoms with Crippen molar-refractivity contribution in [3.63, 3.8) is 0 Å². The van der Waals surface area contributed by atoms with E-state index >= 15 is 0 Å². The summed E-state index contributed by atoms with van der Waals surface area (Å²) in [5.74, 6) is -1.63. The van der Waals surface area contributed by atoms with Gasteiger partial charge >= 0.3 is 12.0 Å². The lowest BCUT2D eigenvalue weighted by Crippen LogP contribution is -2.29. The van der Waals surface area contributed by atoms with E-state index in [1.807, 2.05) is 13.8 Å². The smallest absolute Gasteiger partial charge is 0.310 e. The van der Waals surface area contributed by atoms with E-state index in [1.54, 1.807) is 6.92 Å². The molecule has 0 aromatic heterocycles. The number of hydrogen-bond donors (Lipinski definition) is 0. The molecule has 0 rings (SSSR count). The average Bonchev–Trinajstić information content (AvgIpc) is 2.46. The Labute approximate surface area is 138 Å². The van der Waals surface area contributed by atoms with Crippen LogP contribution < -0.4 is 0 Å². The van der Waals surface area contributed by atoms with Crippen molar-refractivity contribution in [3.05, 3.63) is 0 Å². The van der Waals surface area contributed by atoms with Gasteiger partial charge in [-0.2, -0.15) is 4.39 Å². The standard InChI is InChI=1S/C17H31FO5/c1-6-7-9-23-17(4,5)8-10-22-16(20)14(3)12-21-11-13(2)15(18)19/h13-14H,6-12H2,1-5H3. The number of unbranched alkanes of at least 4 members (excludes halogenated alkanes) is 1. The van der Waals surface area contributed by atoms with Gasteiger partial charge in [0.15, 0.2) is 0 Å². The molecule has 0 aliphatic heterocycles. The second kappa shape index (κ2) is 11.5. The second-order valence-corrected chi connectivity index (χ2v) is 6.52. The van der Waals surface area contributed by atoms with Crippen LogP contribution in [-0.2, 0) is 23.8 Å². The quantitative estimate of drug-likeness (QED) is 0.294. The third kappa shape index (κ3) is 11.2. The first-order valence-corrected chi connectivity index (χ1v) is 8.27. The molecule has 2 atom stereocenters. The number of ether oxygens (including phenoxy) is 3. The number of halogens is 1. The van der Waals surface area contributed by atoms with Crippen LogP contribution in [0.1, 0.15) is 53.9 Å². The SMILES string of the molecule is CCCCOC(C)(C)CCOC(=O)C(C)COCC(C)C(=O)F. The van der Waals surface area contributed by atoms with E-state index in [2.05, 4.69) is 6.92 Å². The Bertz CT molecular complexity index is 357. The molecule has 0 aromatic rings. The largest absolute Gasteiger partial charge is 0.465 e. The van der Waals surface area contributed by atoms with Crippen LogP contribution in [0.25, 0.3) is 0 Å². The van der Waals surface area contributed by atoms with Crippen molar-refractivity contribution in [1.29, 1.82) is 0 Å². The normalized spacial score (nSPS) is 14.3. The zero-order valence-electron chi connectivity index (χ0n) is 15.0. The molecule has 0 saturated heterocycles. The van der Waals surface area contributed by atoms with Gasteiger partial charge < -0.3 is 14.2 Å². The molecule has 23 heavy (non-hydrogen) atoms. The van der Waals surface area contributed by atoms with Gasteiger partial charge in [0.1, 0.15) is 0 Å². The zero-order chi connectivity index (χ0) is 17.9. The molecule has 0 radical (unpaired) electrons. The summed E-state index contributed by atoms with van der Waals surface area (Å²) in [5, 5.41) is 0. The second-order valence-electron chi connectivity index (χ2n) is 6.52. The van der Waals surface area contributed by atoms with Gasteiger partial charge in [-0.25, -0.2) is 0 Å². The lowest BCUT2D eigenvalue weighted by atomic mass is 10.1. The van der Waals surface area contributed by atoms with Crippen LogP contribution in [0.3, 0.4) is 0 Å². The Kier molecular flexibility index (Phi) is 11.0. The predicted molar refractivity (Wildman–Crippen MR) is 85.8 cm³/mol. The van der Waals surface area contributed by atoms with Crippen LogP contribution in [0.4, 0.5) is 4.39 Å². The van der Waals surface area contributed by atoms with E-state index in [0.29, 0.717) is 13.0 Å². The van der Waals surface area contributed by atoms with Crippen LogP contribution in [0.2, 0.25) is 0 Å². The number of carbonyl (C=O) groups excluding carboxylic acids is 2. The first-order chi connectivity index (χ1) is 10.7. The monoisotopic (exact) mass is 334 g/mol. The fraction of sp³-hybridized carbons (Fsp3) is 0.882. The van der Waals surface area contributed by atoms with Crippen molar-refractivity contribution in [2.45, 2.75) is 59.5 Å². The topological polar surface area (TPSA) is 61.8 Å². The van der Waals surface area contributed by atoms with Crippen LogP contribution in [0.5, 0.6) is 0 Å². The summed E-state index contributed by atoms with van der Waals surface area (Å²) < 4.78 is 28.5. The molecule has 6 heteroatoms. The Morgan fingerprint density at radius 1 is 1.09 bits per heavy atom. The number of esters is 1. The third-order valence-corrected chi connectivity index (χ3v) is 3.46. The van der Waals surface area contributed by atoms with Crippen LogP contribution in [0.15, 0.2) is 0 Å². The van der Waals surface area contributed by atoms with Gasteiger partial charge in [-0.3, -0.25) is 9.59 Å².